The maximum atomic E-state index is 13.7. The number of amides is 1. The van der Waals surface area contributed by atoms with Crippen molar-refractivity contribution in [1.29, 1.82) is 0 Å². The molecular weight excluding hydrogens is 340 g/mol. The van der Waals surface area contributed by atoms with Gasteiger partial charge in [0, 0.05) is 23.9 Å². The second-order valence-corrected chi connectivity index (χ2v) is 6.27. The Bertz CT molecular complexity index is 935. The van der Waals surface area contributed by atoms with Gasteiger partial charge in [0.2, 0.25) is 5.91 Å². The van der Waals surface area contributed by atoms with Crippen LogP contribution in [0.2, 0.25) is 0 Å². The minimum atomic E-state index is -0.942. The van der Waals surface area contributed by atoms with Gasteiger partial charge in [0.05, 0.1) is 23.9 Å². The number of hydrogen-bond donors (Lipinski definition) is 2. The van der Waals surface area contributed by atoms with Gasteiger partial charge < -0.3 is 9.88 Å². The summed E-state index contributed by atoms with van der Waals surface area (Å²) in [4.78, 5) is 16.9. The first-order valence-corrected chi connectivity index (χ1v) is 8.44. The lowest BCUT2D eigenvalue weighted by atomic mass is 10.0. The molecule has 1 atom stereocenters. The van der Waals surface area contributed by atoms with E-state index in [1.54, 1.807) is 23.3 Å². The van der Waals surface area contributed by atoms with Gasteiger partial charge in [-0.15, -0.1) is 0 Å². The molecule has 3 heterocycles. The molecule has 0 bridgehead atoms. The maximum Gasteiger partial charge on any atom is 0.243 e. The molecular formula is C18H17F2N5O. The van der Waals surface area contributed by atoms with Crippen LogP contribution in [0.3, 0.4) is 0 Å². The van der Waals surface area contributed by atoms with Crippen molar-refractivity contribution in [3.63, 3.8) is 0 Å². The number of carbonyl (C=O) groups excluding carboxylic acids is 1. The van der Waals surface area contributed by atoms with Gasteiger partial charge in [0.1, 0.15) is 6.04 Å². The average Bonchev–Trinajstić information content (AvgIpc) is 3.25. The van der Waals surface area contributed by atoms with Crippen molar-refractivity contribution in [2.45, 2.75) is 25.3 Å². The van der Waals surface area contributed by atoms with Crippen molar-refractivity contribution < 1.29 is 13.6 Å². The molecule has 1 saturated heterocycles. The number of nitrogens with zero attached hydrogens (tertiary/aromatic N) is 3. The van der Waals surface area contributed by atoms with E-state index in [1.807, 2.05) is 0 Å². The molecule has 6 nitrogen and oxygen atoms in total. The molecule has 0 aliphatic carbocycles. The molecule has 0 unspecified atom stereocenters. The highest BCUT2D eigenvalue weighted by Gasteiger charge is 2.27. The number of nitrogens with one attached hydrogen (secondary N) is 2. The van der Waals surface area contributed by atoms with Crippen LogP contribution in [-0.4, -0.2) is 32.2 Å². The van der Waals surface area contributed by atoms with Crippen LogP contribution in [0.4, 0.5) is 8.78 Å². The third kappa shape index (κ3) is 2.87. The first kappa shape index (κ1) is 16.4. The van der Waals surface area contributed by atoms with Crippen molar-refractivity contribution in [3.05, 3.63) is 48.6 Å². The van der Waals surface area contributed by atoms with Crippen LogP contribution >= 0.6 is 0 Å². The monoisotopic (exact) mass is 357 g/mol. The molecule has 4 rings (SSSR count). The van der Waals surface area contributed by atoms with E-state index < -0.39 is 17.7 Å². The van der Waals surface area contributed by atoms with Gasteiger partial charge in [-0.05, 0) is 37.5 Å². The number of aromatic amines is 1. The zero-order valence-electron chi connectivity index (χ0n) is 13.9. The highest BCUT2D eigenvalue weighted by atomic mass is 19.2. The number of carbonyl (C=O) groups is 1. The van der Waals surface area contributed by atoms with Crippen molar-refractivity contribution >= 4 is 5.91 Å². The number of H-pyrrole nitrogens is 1. The molecule has 26 heavy (non-hydrogen) atoms. The second-order valence-electron chi connectivity index (χ2n) is 6.27. The number of imidazole rings is 1. The van der Waals surface area contributed by atoms with Crippen molar-refractivity contribution in [2.75, 3.05) is 6.54 Å². The van der Waals surface area contributed by atoms with E-state index in [1.165, 1.54) is 6.07 Å². The quantitative estimate of drug-likeness (QED) is 0.756. The van der Waals surface area contributed by atoms with Crippen LogP contribution < -0.4 is 5.32 Å². The average molecular weight is 357 g/mol. The third-order valence-electron chi connectivity index (χ3n) is 4.60. The van der Waals surface area contributed by atoms with Crippen LogP contribution in [0, 0.1) is 11.6 Å². The van der Waals surface area contributed by atoms with Gasteiger partial charge in [-0.1, -0.05) is 0 Å². The predicted octanol–water partition coefficient (Wildman–Crippen LogP) is 3.06. The van der Waals surface area contributed by atoms with E-state index in [9.17, 15) is 13.6 Å². The Balaban J connectivity index is 1.87. The van der Waals surface area contributed by atoms with Gasteiger partial charge >= 0.3 is 0 Å². The topological polar surface area (TPSA) is 75.6 Å². The predicted molar refractivity (Wildman–Crippen MR) is 91.1 cm³/mol. The third-order valence-corrected chi connectivity index (χ3v) is 4.60. The molecule has 0 radical (unpaired) electrons. The zero-order chi connectivity index (χ0) is 18.1. The Morgan fingerprint density at radius 3 is 2.81 bits per heavy atom. The minimum absolute atomic E-state index is 0.0681. The van der Waals surface area contributed by atoms with E-state index in [2.05, 4.69) is 20.5 Å². The van der Waals surface area contributed by atoms with Gasteiger partial charge in [-0.2, -0.15) is 5.10 Å². The largest absolute Gasteiger partial charge is 0.354 e. The summed E-state index contributed by atoms with van der Waals surface area (Å²) >= 11 is 0. The smallest absolute Gasteiger partial charge is 0.243 e. The molecule has 1 aliphatic rings. The first-order valence-electron chi connectivity index (χ1n) is 8.44. The second kappa shape index (κ2) is 6.70. The van der Waals surface area contributed by atoms with Crippen LogP contribution in [0.1, 0.15) is 25.3 Å². The van der Waals surface area contributed by atoms with Crippen molar-refractivity contribution in [3.8, 4) is 22.5 Å². The Labute approximate surface area is 148 Å². The molecule has 2 aromatic heterocycles. The fourth-order valence-corrected chi connectivity index (χ4v) is 3.31. The van der Waals surface area contributed by atoms with Gasteiger partial charge in [-0.3, -0.25) is 9.89 Å². The molecule has 134 valence electrons. The van der Waals surface area contributed by atoms with Gasteiger partial charge in [0.25, 0.3) is 0 Å². The summed E-state index contributed by atoms with van der Waals surface area (Å²) < 4.78 is 28.8. The van der Waals surface area contributed by atoms with E-state index in [0.29, 0.717) is 29.9 Å². The van der Waals surface area contributed by atoms with Crippen LogP contribution in [0.25, 0.3) is 22.5 Å². The summed E-state index contributed by atoms with van der Waals surface area (Å²) in [6.45, 7) is 0.654. The molecule has 0 saturated carbocycles. The van der Waals surface area contributed by atoms with Crippen LogP contribution in [-0.2, 0) is 4.79 Å². The molecule has 2 N–H and O–H groups in total. The highest BCUT2D eigenvalue weighted by molar-refractivity contribution is 5.84. The summed E-state index contributed by atoms with van der Waals surface area (Å²) in [6, 6.07) is 3.25. The zero-order valence-corrected chi connectivity index (χ0v) is 13.9. The fraction of sp³-hybridized carbons (Fsp3) is 0.278. The van der Waals surface area contributed by atoms with Crippen molar-refractivity contribution in [1.82, 2.24) is 25.1 Å². The molecule has 8 heteroatoms. The normalized spacial score (nSPS) is 17.8. The van der Waals surface area contributed by atoms with E-state index >= 15 is 0 Å². The number of aromatic nitrogens is 4. The lowest BCUT2D eigenvalue weighted by molar-refractivity contribution is -0.124. The summed E-state index contributed by atoms with van der Waals surface area (Å²) in [5.41, 5.74) is 2.28. The number of rotatable bonds is 3. The standard InChI is InChI=1S/C18H17F2N5O/c19-13-5-4-11(7-14(13)20)16-17(12-8-23-24-9-12)25(10-22-16)15-3-1-2-6-21-18(15)26/h4-5,7-10,15H,1-3,6H2,(H,21,26)(H,23,24)/t15-/m1/s1. The molecule has 0 spiro atoms. The van der Waals surface area contributed by atoms with E-state index in [-0.39, 0.29) is 5.91 Å². The summed E-state index contributed by atoms with van der Waals surface area (Å²) in [5, 5.41) is 9.62. The van der Waals surface area contributed by atoms with Crippen LogP contribution in [0.15, 0.2) is 36.9 Å². The van der Waals surface area contributed by atoms with Crippen molar-refractivity contribution in [2.24, 2.45) is 0 Å². The molecule has 1 fully saturated rings. The summed E-state index contributed by atoms with van der Waals surface area (Å²) in [5.74, 6) is -1.93. The highest BCUT2D eigenvalue weighted by Crippen LogP contribution is 2.35. The molecule has 1 aromatic carbocycles. The lowest BCUT2D eigenvalue weighted by Crippen LogP contribution is -2.30. The number of halogens is 2. The minimum Gasteiger partial charge on any atom is -0.354 e. The van der Waals surface area contributed by atoms with E-state index in [4.69, 9.17) is 0 Å². The molecule has 1 amide bonds. The van der Waals surface area contributed by atoms with Gasteiger partial charge in [0.15, 0.2) is 11.6 Å². The Kier molecular flexibility index (Phi) is 4.24. The fourth-order valence-electron chi connectivity index (χ4n) is 3.31. The summed E-state index contributed by atoms with van der Waals surface area (Å²) in [6.07, 6.45) is 7.40. The Hall–Kier alpha value is -3.03. The summed E-state index contributed by atoms with van der Waals surface area (Å²) in [7, 11) is 0. The van der Waals surface area contributed by atoms with E-state index in [0.717, 1.165) is 30.5 Å². The number of benzene rings is 1. The number of hydrogen-bond acceptors (Lipinski definition) is 3. The van der Waals surface area contributed by atoms with Crippen LogP contribution in [0.5, 0.6) is 0 Å². The first-order chi connectivity index (χ1) is 12.6. The van der Waals surface area contributed by atoms with Gasteiger partial charge in [-0.25, -0.2) is 13.8 Å². The Morgan fingerprint density at radius 1 is 1.15 bits per heavy atom. The maximum absolute atomic E-state index is 13.7. The lowest BCUT2D eigenvalue weighted by Gasteiger charge is -2.18. The molecule has 1 aliphatic heterocycles. The SMILES string of the molecule is O=C1NCCCC[C@H]1n1cnc(-c2ccc(F)c(F)c2)c1-c1cn[nH]c1. The Morgan fingerprint density at radius 2 is 2.04 bits per heavy atom. The molecule has 3 aromatic rings.